The zero-order valence-electron chi connectivity index (χ0n) is 12.3. The summed E-state index contributed by atoms with van der Waals surface area (Å²) < 4.78 is 11.2. The molecule has 5 heteroatoms. The largest absolute Gasteiger partial charge is 0.366 e. The fourth-order valence-electron chi connectivity index (χ4n) is 2.88. The third kappa shape index (κ3) is 2.84. The van der Waals surface area contributed by atoms with E-state index >= 15 is 0 Å². The molecular weight excluding hydrogens is 266 g/mol. The standard InChI is InChI=1S/C16H21N3O2/c1-2-20-13(12-8-4-3-5-9-12)14-18-15(21-19-14)16(17)10-6-7-11-16/h3-5,8-9,13H,2,6-7,10-11,17H2,1H3. The maximum atomic E-state index is 6.37. The third-order valence-corrected chi connectivity index (χ3v) is 4.03. The van der Waals surface area contributed by atoms with Crippen molar-refractivity contribution in [2.24, 2.45) is 5.73 Å². The summed E-state index contributed by atoms with van der Waals surface area (Å²) in [5.41, 5.74) is 6.93. The van der Waals surface area contributed by atoms with Gasteiger partial charge >= 0.3 is 0 Å². The topological polar surface area (TPSA) is 74.2 Å². The number of hydrogen-bond acceptors (Lipinski definition) is 5. The van der Waals surface area contributed by atoms with Crippen LogP contribution in [0.25, 0.3) is 0 Å². The summed E-state index contributed by atoms with van der Waals surface area (Å²) >= 11 is 0. The molecule has 1 aromatic heterocycles. The van der Waals surface area contributed by atoms with Crippen molar-refractivity contribution in [3.8, 4) is 0 Å². The van der Waals surface area contributed by atoms with E-state index in [0.717, 1.165) is 31.2 Å². The lowest BCUT2D eigenvalue weighted by molar-refractivity contribution is 0.0833. The molecule has 2 aromatic rings. The Kier molecular flexibility index (Phi) is 4.03. The van der Waals surface area contributed by atoms with Gasteiger partial charge < -0.3 is 15.0 Å². The van der Waals surface area contributed by atoms with E-state index in [1.165, 1.54) is 0 Å². The van der Waals surface area contributed by atoms with Crippen molar-refractivity contribution in [3.05, 3.63) is 47.6 Å². The Bertz CT molecular complexity index is 576. The normalized spacial score (nSPS) is 18.8. The lowest BCUT2D eigenvalue weighted by atomic mass is 9.99. The quantitative estimate of drug-likeness (QED) is 0.915. The van der Waals surface area contributed by atoms with Crippen molar-refractivity contribution >= 4 is 0 Å². The molecule has 0 saturated heterocycles. The van der Waals surface area contributed by atoms with E-state index in [9.17, 15) is 0 Å². The van der Waals surface area contributed by atoms with Crippen molar-refractivity contribution in [1.29, 1.82) is 0 Å². The number of hydrogen-bond donors (Lipinski definition) is 1. The Morgan fingerprint density at radius 3 is 2.67 bits per heavy atom. The van der Waals surface area contributed by atoms with Crippen molar-refractivity contribution in [2.45, 2.75) is 44.2 Å². The molecule has 0 aliphatic heterocycles. The molecular formula is C16H21N3O2. The van der Waals surface area contributed by atoms with Gasteiger partial charge in [0.05, 0.1) is 5.54 Å². The Morgan fingerprint density at radius 2 is 2.00 bits per heavy atom. The van der Waals surface area contributed by atoms with E-state index in [1.807, 2.05) is 37.3 Å². The summed E-state index contributed by atoms with van der Waals surface area (Å²) in [6.45, 7) is 2.54. The summed E-state index contributed by atoms with van der Waals surface area (Å²) in [4.78, 5) is 4.53. The summed E-state index contributed by atoms with van der Waals surface area (Å²) in [6.07, 6.45) is 3.72. The van der Waals surface area contributed by atoms with Crippen molar-refractivity contribution < 1.29 is 9.26 Å². The smallest absolute Gasteiger partial charge is 0.246 e. The molecule has 0 radical (unpaired) electrons. The summed E-state index contributed by atoms with van der Waals surface area (Å²) in [7, 11) is 0. The molecule has 3 rings (SSSR count). The number of nitrogens with zero attached hydrogens (tertiary/aromatic N) is 2. The van der Waals surface area contributed by atoms with Crippen LogP contribution in [0.5, 0.6) is 0 Å². The van der Waals surface area contributed by atoms with E-state index in [-0.39, 0.29) is 6.10 Å². The molecule has 112 valence electrons. The first-order valence-electron chi connectivity index (χ1n) is 7.52. The number of rotatable bonds is 5. The molecule has 0 amide bonds. The van der Waals surface area contributed by atoms with E-state index < -0.39 is 5.54 Å². The van der Waals surface area contributed by atoms with Gasteiger partial charge in [-0.3, -0.25) is 0 Å². The Labute approximate surface area is 124 Å². The van der Waals surface area contributed by atoms with Crippen LogP contribution >= 0.6 is 0 Å². The predicted octanol–water partition coefficient (Wildman–Crippen LogP) is 2.92. The average molecular weight is 287 g/mol. The Morgan fingerprint density at radius 1 is 1.29 bits per heavy atom. The highest BCUT2D eigenvalue weighted by molar-refractivity contribution is 5.23. The zero-order chi connectivity index (χ0) is 14.7. The first-order chi connectivity index (χ1) is 10.2. The maximum Gasteiger partial charge on any atom is 0.246 e. The van der Waals surface area contributed by atoms with Gasteiger partial charge in [-0.05, 0) is 25.3 Å². The summed E-state index contributed by atoms with van der Waals surface area (Å²) in [5.74, 6) is 1.09. The molecule has 1 aliphatic carbocycles. The third-order valence-electron chi connectivity index (χ3n) is 4.03. The first-order valence-corrected chi connectivity index (χ1v) is 7.52. The van der Waals surface area contributed by atoms with Gasteiger partial charge in [0.2, 0.25) is 11.7 Å². The minimum atomic E-state index is -0.460. The van der Waals surface area contributed by atoms with Crippen LogP contribution in [0.2, 0.25) is 0 Å². The monoisotopic (exact) mass is 287 g/mol. The van der Waals surface area contributed by atoms with Gasteiger partial charge in [0.25, 0.3) is 0 Å². The molecule has 5 nitrogen and oxygen atoms in total. The molecule has 1 unspecified atom stereocenters. The van der Waals surface area contributed by atoms with Gasteiger partial charge in [0.1, 0.15) is 6.10 Å². The predicted molar refractivity (Wildman–Crippen MR) is 78.5 cm³/mol. The second-order valence-electron chi connectivity index (χ2n) is 5.57. The van der Waals surface area contributed by atoms with E-state index in [1.54, 1.807) is 0 Å². The van der Waals surface area contributed by atoms with E-state index in [0.29, 0.717) is 18.3 Å². The number of aromatic nitrogens is 2. The van der Waals surface area contributed by atoms with Crippen LogP contribution in [0.1, 0.15) is 56.0 Å². The first kappa shape index (κ1) is 14.2. The second kappa shape index (κ2) is 5.95. The van der Waals surface area contributed by atoms with Crippen molar-refractivity contribution in [1.82, 2.24) is 10.1 Å². The van der Waals surface area contributed by atoms with Crippen LogP contribution in [0, 0.1) is 0 Å². The van der Waals surface area contributed by atoms with Gasteiger partial charge in [0.15, 0.2) is 0 Å². The van der Waals surface area contributed by atoms with Gasteiger partial charge in [-0.1, -0.05) is 48.3 Å². The van der Waals surface area contributed by atoms with Gasteiger partial charge in [-0.2, -0.15) is 4.98 Å². The molecule has 1 fully saturated rings. The average Bonchev–Trinajstić information content (AvgIpc) is 3.16. The molecule has 1 aromatic carbocycles. The van der Waals surface area contributed by atoms with Gasteiger partial charge in [-0.25, -0.2) is 0 Å². The lowest BCUT2D eigenvalue weighted by Gasteiger charge is -2.17. The number of ether oxygens (including phenoxy) is 1. The number of nitrogens with two attached hydrogens (primary N) is 1. The van der Waals surface area contributed by atoms with Crippen LogP contribution in [-0.2, 0) is 10.3 Å². The highest BCUT2D eigenvalue weighted by Gasteiger charge is 2.37. The van der Waals surface area contributed by atoms with E-state index in [4.69, 9.17) is 15.0 Å². The fourth-order valence-corrected chi connectivity index (χ4v) is 2.88. The van der Waals surface area contributed by atoms with Gasteiger partial charge in [0, 0.05) is 6.61 Å². The Hall–Kier alpha value is -1.72. The minimum Gasteiger partial charge on any atom is -0.366 e. The van der Waals surface area contributed by atoms with Crippen LogP contribution in [0.15, 0.2) is 34.9 Å². The fraction of sp³-hybridized carbons (Fsp3) is 0.500. The highest BCUT2D eigenvalue weighted by atomic mass is 16.5. The molecule has 1 heterocycles. The Balaban J connectivity index is 1.89. The minimum absolute atomic E-state index is 0.307. The molecule has 0 spiro atoms. The molecule has 1 atom stereocenters. The zero-order valence-corrected chi connectivity index (χ0v) is 12.3. The molecule has 21 heavy (non-hydrogen) atoms. The van der Waals surface area contributed by atoms with Crippen LogP contribution in [0.4, 0.5) is 0 Å². The van der Waals surface area contributed by atoms with E-state index in [2.05, 4.69) is 10.1 Å². The van der Waals surface area contributed by atoms with Gasteiger partial charge in [-0.15, -0.1) is 0 Å². The molecule has 1 saturated carbocycles. The summed E-state index contributed by atoms with van der Waals surface area (Å²) in [6, 6.07) is 9.93. The van der Waals surface area contributed by atoms with Crippen molar-refractivity contribution in [2.75, 3.05) is 6.61 Å². The number of benzene rings is 1. The molecule has 1 aliphatic rings. The summed E-state index contributed by atoms with van der Waals surface area (Å²) in [5, 5.41) is 4.11. The van der Waals surface area contributed by atoms with Crippen LogP contribution in [-0.4, -0.2) is 16.7 Å². The van der Waals surface area contributed by atoms with Crippen LogP contribution < -0.4 is 5.73 Å². The SMILES string of the molecule is CCOC(c1ccccc1)c1noc(C2(N)CCCC2)n1. The van der Waals surface area contributed by atoms with Crippen molar-refractivity contribution in [3.63, 3.8) is 0 Å². The lowest BCUT2D eigenvalue weighted by Crippen LogP contribution is -2.33. The molecule has 0 bridgehead atoms. The van der Waals surface area contributed by atoms with Crippen LogP contribution in [0.3, 0.4) is 0 Å². The maximum absolute atomic E-state index is 6.37. The second-order valence-corrected chi connectivity index (χ2v) is 5.57. The highest BCUT2D eigenvalue weighted by Crippen LogP contribution is 2.36. The molecule has 2 N–H and O–H groups in total.